The number of alkyl halides is 3. The Morgan fingerprint density at radius 1 is 1.09 bits per heavy atom. The predicted molar refractivity (Wildman–Crippen MR) is 74.9 cm³/mol. The van der Waals surface area contributed by atoms with Crippen molar-refractivity contribution in [2.24, 2.45) is 0 Å². The van der Waals surface area contributed by atoms with Crippen molar-refractivity contribution in [3.8, 4) is 0 Å². The molecule has 0 aliphatic carbocycles. The number of hydrogen-bond acceptors (Lipinski definition) is 5. The summed E-state index contributed by atoms with van der Waals surface area (Å²) < 4.78 is 38.1. The number of hydrogen-bond donors (Lipinski definition) is 1. The first kappa shape index (κ1) is 14.5. The SMILES string of the molecule is FC(F)(F)c1cncc(Nc2ncnc3ccc(Cl)nc23)c1. The van der Waals surface area contributed by atoms with E-state index in [9.17, 15) is 13.2 Å². The molecule has 22 heavy (non-hydrogen) atoms. The van der Waals surface area contributed by atoms with Gasteiger partial charge in [0.1, 0.15) is 17.0 Å². The Hall–Kier alpha value is -2.48. The molecule has 0 bridgehead atoms. The Morgan fingerprint density at radius 2 is 1.91 bits per heavy atom. The molecule has 0 radical (unpaired) electrons. The number of anilines is 2. The van der Waals surface area contributed by atoms with Gasteiger partial charge in [0, 0.05) is 6.20 Å². The van der Waals surface area contributed by atoms with Gasteiger partial charge in [0.25, 0.3) is 0 Å². The van der Waals surface area contributed by atoms with E-state index in [1.807, 2.05) is 0 Å². The summed E-state index contributed by atoms with van der Waals surface area (Å²) in [5, 5.41) is 2.98. The largest absolute Gasteiger partial charge is 0.417 e. The van der Waals surface area contributed by atoms with E-state index in [0.717, 1.165) is 12.3 Å². The fourth-order valence-electron chi connectivity index (χ4n) is 1.81. The molecular formula is C13H7ClF3N5. The minimum atomic E-state index is -4.47. The minimum absolute atomic E-state index is 0.136. The number of nitrogens with one attached hydrogen (secondary N) is 1. The summed E-state index contributed by atoms with van der Waals surface area (Å²) in [7, 11) is 0. The summed E-state index contributed by atoms with van der Waals surface area (Å²) in [6.07, 6.45) is -1.19. The van der Waals surface area contributed by atoms with E-state index in [0.29, 0.717) is 11.0 Å². The van der Waals surface area contributed by atoms with Gasteiger partial charge in [-0.1, -0.05) is 11.6 Å². The van der Waals surface area contributed by atoms with E-state index in [1.54, 1.807) is 12.1 Å². The third-order valence-electron chi connectivity index (χ3n) is 2.78. The highest BCUT2D eigenvalue weighted by Gasteiger charge is 2.31. The van der Waals surface area contributed by atoms with Crippen molar-refractivity contribution in [2.75, 3.05) is 5.32 Å². The second kappa shape index (κ2) is 5.38. The van der Waals surface area contributed by atoms with E-state index >= 15 is 0 Å². The molecule has 5 nitrogen and oxygen atoms in total. The summed E-state index contributed by atoms with van der Waals surface area (Å²) in [5.41, 5.74) is 0.146. The first-order valence-corrected chi connectivity index (χ1v) is 6.38. The van der Waals surface area contributed by atoms with Gasteiger partial charge in [0.15, 0.2) is 5.82 Å². The zero-order chi connectivity index (χ0) is 15.7. The third-order valence-corrected chi connectivity index (χ3v) is 2.99. The molecule has 0 spiro atoms. The molecule has 3 aromatic rings. The van der Waals surface area contributed by atoms with Crippen LogP contribution in [0.4, 0.5) is 24.7 Å². The van der Waals surface area contributed by atoms with Gasteiger partial charge in [-0.05, 0) is 18.2 Å². The van der Waals surface area contributed by atoms with Crippen molar-refractivity contribution in [1.29, 1.82) is 0 Å². The zero-order valence-corrected chi connectivity index (χ0v) is 11.5. The van der Waals surface area contributed by atoms with Crippen molar-refractivity contribution in [3.63, 3.8) is 0 Å². The molecular weight excluding hydrogens is 319 g/mol. The molecule has 0 aliphatic rings. The van der Waals surface area contributed by atoms with Crippen LogP contribution in [0.5, 0.6) is 0 Å². The maximum atomic E-state index is 12.7. The monoisotopic (exact) mass is 325 g/mol. The fourth-order valence-corrected chi connectivity index (χ4v) is 1.96. The van der Waals surface area contributed by atoms with Gasteiger partial charge < -0.3 is 5.32 Å². The maximum absolute atomic E-state index is 12.7. The molecule has 9 heteroatoms. The van der Waals surface area contributed by atoms with Crippen LogP contribution in [-0.4, -0.2) is 19.9 Å². The number of nitrogens with zero attached hydrogens (tertiary/aromatic N) is 4. The number of rotatable bonds is 2. The summed E-state index contributed by atoms with van der Waals surface area (Å²) >= 11 is 5.82. The molecule has 0 amide bonds. The van der Waals surface area contributed by atoms with Crippen molar-refractivity contribution < 1.29 is 13.2 Å². The molecule has 0 saturated heterocycles. The van der Waals surface area contributed by atoms with Crippen LogP contribution in [0.1, 0.15) is 5.56 Å². The van der Waals surface area contributed by atoms with Crippen LogP contribution >= 0.6 is 11.6 Å². The van der Waals surface area contributed by atoms with Crippen LogP contribution < -0.4 is 5.32 Å². The molecule has 3 heterocycles. The van der Waals surface area contributed by atoms with Crippen LogP contribution in [0.25, 0.3) is 11.0 Å². The van der Waals surface area contributed by atoms with E-state index in [-0.39, 0.29) is 16.7 Å². The standard InChI is InChI=1S/C13H7ClF3N5/c14-10-2-1-9-11(22-10)12(20-6-19-9)21-8-3-7(4-18-5-8)13(15,16)17/h1-6H,(H,19,20,21). The van der Waals surface area contributed by atoms with Crippen molar-refractivity contribution in [3.05, 3.63) is 47.6 Å². The number of halogens is 4. The number of aromatic nitrogens is 4. The highest BCUT2D eigenvalue weighted by atomic mass is 35.5. The number of fused-ring (bicyclic) bond motifs is 1. The molecule has 0 saturated carbocycles. The highest BCUT2D eigenvalue weighted by molar-refractivity contribution is 6.29. The van der Waals surface area contributed by atoms with Gasteiger partial charge in [-0.2, -0.15) is 13.2 Å². The molecule has 0 atom stereocenters. The van der Waals surface area contributed by atoms with Gasteiger partial charge in [-0.25, -0.2) is 15.0 Å². The van der Waals surface area contributed by atoms with E-state index in [4.69, 9.17) is 11.6 Å². The van der Waals surface area contributed by atoms with Crippen molar-refractivity contribution in [1.82, 2.24) is 19.9 Å². The van der Waals surface area contributed by atoms with Crippen molar-refractivity contribution in [2.45, 2.75) is 6.18 Å². The Bertz CT molecular complexity index is 837. The topological polar surface area (TPSA) is 63.6 Å². The van der Waals surface area contributed by atoms with Gasteiger partial charge in [-0.3, -0.25) is 4.98 Å². The summed E-state index contributed by atoms with van der Waals surface area (Å²) in [5.74, 6) is 0.244. The zero-order valence-electron chi connectivity index (χ0n) is 10.8. The van der Waals surface area contributed by atoms with Crippen LogP contribution in [0.15, 0.2) is 36.9 Å². The van der Waals surface area contributed by atoms with Crippen molar-refractivity contribution >= 4 is 34.1 Å². The third kappa shape index (κ3) is 2.91. The van der Waals surface area contributed by atoms with Crippen LogP contribution in [0.3, 0.4) is 0 Å². The summed E-state index contributed by atoms with van der Waals surface area (Å²) in [6, 6.07) is 4.14. The molecule has 0 aliphatic heterocycles. The second-order valence-corrected chi connectivity index (χ2v) is 4.70. The molecule has 3 aromatic heterocycles. The van der Waals surface area contributed by atoms with Crippen LogP contribution in [0.2, 0.25) is 5.15 Å². The van der Waals surface area contributed by atoms with Gasteiger partial charge in [0.2, 0.25) is 0 Å². The predicted octanol–water partition coefficient (Wildman–Crippen LogP) is 3.84. The first-order chi connectivity index (χ1) is 10.4. The van der Waals surface area contributed by atoms with Gasteiger partial charge in [-0.15, -0.1) is 0 Å². The quantitative estimate of drug-likeness (QED) is 0.725. The average molecular weight is 326 g/mol. The average Bonchev–Trinajstić information content (AvgIpc) is 2.47. The Labute approximate surface area is 127 Å². The fraction of sp³-hybridized carbons (Fsp3) is 0.0769. The lowest BCUT2D eigenvalue weighted by Crippen LogP contribution is -2.06. The highest BCUT2D eigenvalue weighted by Crippen LogP contribution is 2.31. The maximum Gasteiger partial charge on any atom is 0.417 e. The Morgan fingerprint density at radius 3 is 2.68 bits per heavy atom. The molecule has 1 N–H and O–H groups in total. The smallest absolute Gasteiger partial charge is 0.337 e. The lowest BCUT2D eigenvalue weighted by molar-refractivity contribution is -0.137. The lowest BCUT2D eigenvalue weighted by Gasteiger charge is -2.10. The second-order valence-electron chi connectivity index (χ2n) is 4.31. The normalized spacial score (nSPS) is 11.6. The van der Waals surface area contributed by atoms with E-state index in [2.05, 4.69) is 25.3 Å². The first-order valence-electron chi connectivity index (χ1n) is 6.00. The summed E-state index contributed by atoms with van der Waals surface area (Å²) in [6.45, 7) is 0. The Kier molecular flexibility index (Phi) is 3.53. The van der Waals surface area contributed by atoms with Crippen LogP contribution in [0, 0.1) is 0 Å². The molecule has 0 fully saturated rings. The minimum Gasteiger partial charge on any atom is -0.337 e. The van der Waals surface area contributed by atoms with E-state index < -0.39 is 11.7 Å². The van der Waals surface area contributed by atoms with Gasteiger partial charge in [0.05, 0.1) is 23.0 Å². The lowest BCUT2D eigenvalue weighted by atomic mass is 10.2. The molecule has 3 rings (SSSR count). The van der Waals surface area contributed by atoms with Crippen LogP contribution in [-0.2, 0) is 6.18 Å². The number of pyridine rings is 2. The molecule has 112 valence electrons. The van der Waals surface area contributed by atoms with Gasteiger partial charge >= 0.3 is 6.18 Å². The molecule has 0 aromatic carbocycles. The molecule has 0 unspecified atom stereocenters. The van der Waals surface area contributed by atoms with E-state index in [1.165, 1.54) is 12.5 Å². The summed E-state index contributed by atoms with van der Waals surface area (Å²) in [4.78, 5) is 15.6. The Balaban J connectivity index is 2.02.